The zero-order chi connectivity index (χ0) is 13.1. The lowest BCUT2D eigenvalue weighted by Gasteiger charge is -2.22. The quantitative estimate of drug-likeness (QED) is 0.722. The third-order valence-corrected chi connectivity index (χ3v) is 3.20. The van der Waals surface area contributed by atoms with E-state index in [4.69, 9.17) is 5.73 Å². The second-order valence-electron chi connectivity index (χ2n) is 4.80. The van der Waals surface area contributed by atoms with Crippen LogP contribution in [0, 0.1) is 5.92 Å². The molecule has 96 valence electrons. The number of aliphatic hydroxyl groups excluding tert-OH is 1. The Hall–Kier alpha value is -1.81. The summed E-state index contributed by atoms with van der Waals surface area (Å²) >= 11 is 0. The van der Waals surface area contributed by atoms with Crippen LogP contribution in [0.1, 0.15) is 13.8 Å². The maximum Gasteiger partial charge on any atom is 0.0635 e. The molecule has 0 spiro atoms. The number of nitrogens with zero attached hydrogens (tertiary/aromatic N) is 1. The van der Waals surface area contributed by atoms with Crippen molar-refractivity contribution in [1.29, 1.82) is 0 Å². The molecule has 0 aliphatic heterocycles. The highest BCUT2D eigenvalue weighted by molar-refractivity contribution is 5.98. The lowest BCUT2D eigenvalue weighted by atomic mass is 10.0. The summed E-state index contributed by atoms with van der Waals surface area (Å²) in [6.45, 7) is 4.22. The third kappa shape index (κ3) is 2.38. The number of anilines is 2. The van der Waals surface area contributed by atoms with E-state index in [1.54, 1.807) is 12.4 Å². The van der Waals surface area contributed by atoms with Crippen LogP contribution in [-0.4, -0.2) is 22.7 Å². The number of nitrogens with one attached hydrogen (secondary N) is 1. The van der Waals surface area contributed by atoms with Crippen LogP contribution in [-0.2, 0) is 0 Å². The van der Waals surface area contributed by atoms with Crippen LogP contribution >= 0.6 is 0 Å². The van der Waals surface area contributed by atoms with Gasteiger partial charge in [-0.2, -0.15) is 0 Å². The Morgan fingerprint density at radius 1 is 1.33 bits per heavy atom. The molecule has 0 aliphatic carbocycles. The lowest BCUT2D eigenvalue weighted by molar-refractivity contribution is 0.249. The highest BCUT2D eigenvalue weighted by Gasteiger charge is 2.13. The van der Waals surface area contributed by atoms with E-state index in [0.717, 1.165) is 16.5 Å². The van der Waals surface area contributed by atoms with E-state index in [2.05, 4.69) is 24.1 Å². The van der Waals surface area contributed by atoms with Gasteiger partial charge in [-0.05, 0) is 18.1 Å². The molecule has 4 N–H and O–H groups in total. The van der Waals surface area contributed by atoms with Crippen molar-refractivity contribution in [3.05, 3.63) is 30.6 Å². The summed E-state index contributed by atoms with van der Waals surface area (Å²) in [6.07, 6.45) is 3.52. The number of hydrogen-bond acceptors (Lipinski definition) is 4. The molecule has 0 amide bonds. The highest BCUT2D eigenvalue weighted by atomic mass is 16.3. The molecule has 2 rings (SSSR count). The molecule has 1 heterocycles. The third-order valence-electron chi connectivity index (χ3n) is 3.20. The van der Waals surface area contributed by atoms with Gasteiger partial charge in [-0.1, -0.05) is 19.9 Å². The van der Waals surface area contributed by atoms with Crippen LogP contribution in [0.3, 0.4) is 0 Å². The van der Waals surface area contributed by atoms with E-state index >= 15 is 0 Å². The monoisotopic (exact) mass is 245 g/mol. The van der Waals surface area contributed by atoms with Crippen molar-refractivity contribution in [3.63, 3.8) is 0 Å². The Morgan fingerprint density at radius 3 is 2.78 bits per heavy atom. The molecule has 0 aliphatic rings. The summed E-state index contributed by atoms with van der Waals surface area (Å²) < 4.78 is 0. The molecule has 18 heavy (non-hydrogen) atoms. The van der Waals surface area contributed by atoms with E-state index in [1.807, 2.05) is 18.2 Å². The number of aromatic nitrogens is 1. The fourth-order valence-corrected chi connectivity index (χ4v) is 1.94. The number of aliphatic hydroxyl groups is 1. The molecule has 0 bridgehead atoms. The molecule has 0 saturated carbocycles. The summed E-state index contributed by atoms with van der Waals surface area (Å²) in [5.41, 5.74) is 7.72. The number of benzene rings is 1. The Morgan fingerprint density at radius 2 is 2.11 bits per heavy atom. The number of nitrogens with two attached hydrogens (primary N) is 1. The first-order valence-corrected chi connectivity index (χ1v) is 6.13. The van der Waals surface area contributed by atoms with E-state index in [9.17, 15) is 5.11 Å². The average Bonchev–Trinajstić information content (AvgIpc) is 2.38. The van der Waals surface area contributed by atoms with Gasteiger partial charge in [0.05, 0.1) is 24.0 Å². The van der Waals surface area contributed by atoms with Crippen molar-refractivity contribution < 1.29 is 5.11 Å². The van der Waals surface area contributed by atoms with Crippen LogP contribution in [0.2, 0.25) is 0 Å². The van der Waals surface area contributed by atoms with Gasteiger partial charge in [0.15, 0.2) is 0 Å². The van der Waals surface area contributed by atoms with Crippen LogP contribution in [0.25, 0.3) is 10.8 Å². The number of rotatable bonds is 4. The molecule has 1 unspecified atom stereocenters. The Balaban J connectivity index is 2.37. The topological polar surface area (TPSA) is 71.2 Å². The Labute approximate surface area is 107 Å². The Kier molecular flexibility index (Phi) is 3.67. The molecule has 1 aromatic heterocycles. The molecule has 1 aromatic carbocycles. The minimum atomic E-state index is 0.00610. The van der Waals surface area contributed by atoms with Crippen LogP contribution in [0.15, 0.2) is 30.6 Å². The molecule has 4 heteroatoms. The zero-order valence-corrected chi connectivity index (χ0v) is 10.7. The molecular weight excluding hydrogens is 226 g/mol. The van der Waals surface area contributed by atoms with Crippen molar-refractivity contribution in [3.8, 4) is 0 Å². The molecule has 4 nitrogen and oxygen atoms in total. The summed E-state index contributed by atoms with van der Waals surface area (Å²) in [5.74, 6) is 0.336. The first-order valence-electron chi connectivity index (χ1n) is 6.13. The van der Waals surface area contributed by atoms with Gasteiger partial charge < -0.3 is 16.2 Å². The van der Waals surface area contributed by atoms with Crippen molar-refractivity contribution in [2.45, 2.75) is 19.9 Å². The number of nitrogen functional groups attached to an aromatic ring is 1. The van der Waals surface area contributed by atoms with E-state index < -0.39 is 0 Å². The molecule has 2 aromatic rings. The SMILES string of the molecule is CC(C)C(CO)Nc1ccc2cnccc2c1N. The molecule has 1 atom stereocenters. The minimum Gasteiger partial charge on any atom is -0.397 e. The van der Waals surface area contributed by atoms with Crippen molar-refractivity contribution in [2.24, 2.45) is 5.92 Å². The van der Waals surface area contributed by atoms with Crippen molar-refractivity contribution in [2.75, 3.05) is 17.7 Å². The summed E-state index contributed by atoms with van der Waals surface area (Å²) in [7, 11) is 0. The highest BCUT2D eigenvalue weighted by Crippen LogP contribution is 2.29. The Bertz CT molecular complexity index is 540. The maximum atomic E-state index is 9.35. The normalized spacial score (nSPS) is 12.9. The number of pyridine rings is 1. The summed E-state index contributed by atoms with van der Waals surface area (Å²) in [5, 5.41) is 14.6. The van der Waals surface area contributed by atoms with E-state index in [0.29, 0.717) is 11.6 Å². The van der Waals surface area contributed by atoms with Gasteiger partial charge in [-0.3, -0.25) is 4.98 Å². The standard InChI is InChI=1S/C14H19N3O/c1-9(2)13(8-18)17-12-4-3-10-7-16-6-5-11(10)14(12)15/h3-7,9,13,17-18H,8,15H2,1-2H3. The first kappa shape index (κ1) is 12.6. The predicted octanol–water partition coefficient (Wildman–Crippen LogP) is 2.25. The second-order valence-corrected chi connectivity index (χ2v) is 4.80. The summed E-state index contributed by atoms with van der Waals surface area (Å²) in [4.78, 5) is 4.07. The van der Waals surface area contributed by atoms with Crippen LogP contribution in [0.4, 0.5) is 11.4 Å². The number of hydrogen-bond donors (Lipinski definition) is 3. The maximum absolute atomic E-state index is 9.35. The molecule has 0 radical (unpaired) electrons. The van der Waals surface area contributed by atoms with E-state index in [-0.39, 0.29) is 12.6 Å². The predicted molar refractivity (Wildman–Crippen MR) is 75.5 cm³/mol. The van der Waals surface area contributed by atoms with Gasteiger partial charge in [0.25, 0.3) is 0 Å². The molecule has 0 fully saturated rings. The van der Waals surface area contributed by atoms with Gasteiger partial charge in [0.2, 0.25) is 0 Å². The van der Waals surface area contributed by atoms with Gasteiger partial charge >= 0.3 is 0 Å². The van der Waals surface area contributed by atoms with Crippen molar-refractivity contribution >= 4 is 22.1 Å². The average molecular weight is 245 g/mol. The summed E-state index contributed by atoms with van der Waals surface area (Å²) in [6, 6.07) is 5.82. The van der Waals surface area contributed by atoms with Crippen molar-refractivity contribution in [1.82, 2.24) is 4.98 Å². The van der Waals surface area contributed by atoms with Gasteiger partial charge in [-0.15, -0.1) is 0 Å². The van der Waals surface area contributed by atoms with E-state index in [1.165, 1.54) is 0 Å². The molecular formula is C14H19N3O. The van der Waals surface area contributed by atoms with Gasteiger partial charge in [0.1, 0.15) is 0 Å². The zero-order valence-electron chi connectivity index (χ0n) is 10.7. The van der Waals surface area contributed by atoms with Crippen LogP contribution < -0.4 is 11.1 Å². The fraction of sp³-hybridized carbons (Fsp3) is 0.357. The largest absolute Gasteiger partial charge is 0.397 e. The lowest BCUT2D eigenvalue weighted by Crippen LogP contribution is -2.29. The number of fused-ring (bicyclic) bond motifs is 1. The van der Waals surface area contributed by atoms with Crippen LogP contribution in [0.5, 0.6) is 0 Å². The smallest absolute Gasteiger partial charge is 0.0635 e. The van der Waals surface area contributed by atoms with Gasteiger partial charge in [0, 0.05) is 23.2 Å². The molecule has 0 saturated heterocycles. The van der Waals surface area contributed by atoms with Gasteiger partial charge in [-0.25, -0.2) is 0 Å². The first-order chi connectivity index (χ1) is 8.63. The minimum absolute atomic E-state index is 0.00610. The fourth-order valence-electron chi connectivity index (χ4n) is 1.94. The second kappa shape index (κ2) is 5.23.